The third kappa shape index (κ3) is 5.40. The highest BCUT2D eigenvalue weighted by Crippen LogP contribution is 2.21. The highest BCUT2D eigenvalue weighted by molar-refractivity contribution is 7.89. The maximum absolute atomic E-state index is 12.9. The van der Waals surface area contributed by atoms with E-state index in [1.165, 1.54) is 21.1 Å². The molecule has 1 aliphatic rings. The Morgan fingerprint density at radius 1 is 1.06 bits per heavy atom. The van der Waals surface area contributed by atoms with E-state index < -0.39 is 15.9 Å². The van der Waals surface area contributed by atoms with Crippen LogP contribution in [0.1, 0.15) is 23.3 Å². The van der Waals surface area contributed by atoms with E-state index in [0.29, 0.717) is 38.3 Å². The zero-order valence-electron chi connectivity index (χ0n) is 18.2. The second-order valence-electron chi connectivity index (χ2n) is 7.45. The van der Waals surface area contributed by atoms with Crippen molar-refractivity contribution in [2.45, 2.75) is 17.7 Å². The van der Waals surface area contributed by atoms with Gasteiger partial charge in [-0.2, -0.15) is 4.31 Å². The molecule has 0 atom stereocenters. The van der Waals surface area contributed by atoms with Crippen molar-refractivity contribution in [1.82, 2.24) is 13.8 Å². The summed E-state index contributed by atoms with van der Waals surface area (Å²) in [6, 6.07) is 8.49. The number of methoxy groups -OCH3 is 1. The second kappa shape index (κ2) is 10.0. The summed E-state index contributed by atoms with van der Waals surface area (Å²) in [5.74, 6) is 0.725. The third-order valence-electron chi connectivity index (χ3n) is 5.32. The zero-order valence-corrected chi connectivity index (χ0v) is 19.0. The number of aromatic nitrogens is 1. The number of carbonyl (C=O) groups is 2. The van der Waals surface area contributed by atoms with Crippen LogP contribution < -0.4 is 15.2 Å². The van der Waals surface area contributed by atoms with Gasteiger partial charge in [-0.25, -0.2) is 8.42 Å². The number of piperazine rings is 1. The molecule has 0 spiro atoms. The van der Waals surface area contributed by atoms with E-state index in [0.717, 1.165) is 5.75 Å². The van der Waals surface area contributed by atoms with Crippen LogP contribution in [0.25, 0.3) is 0 Å². The van der Waals surface area contributed by atoms with Crippen molar-refractivity contribution < 1.29 is 27.5 Å². The molecule has 32 heavy (non-hydrogen) atoms. The van der Waals surface area contributed by atoms with E-state index in [-0.39, 0.29) is 29.6 Å². The summed E-state index contributed by atoms with van der Waals surface area (Å²) in [6.45, 7) is 1.41. The molecule has 0 bridgehead atoms. The average Bonchev–Trinajstić information content (AvgIpc) is 3.20. The lowest BCUT2D eigenvalue weighted by atomic mass is 10.2. The summed E-state index contributed by atoms with van der Waals surface area (Å²) in [4.78, 5) is 25.6. The molecule has 0 saturated carbocycles. The summed E-state index contributed by atoms with van der Waals surface area (Å²) in [5.41, 5.74) is 5.39. The Bertz CT molecular complexity index is 1060. The van der Waals surface area contributed by atoms with Crippen molar-refractivity contribution in [2.75, 3.05) is 39.9 Å². The molecule has 0 unspecified atom stereocenters. The molecule has 2 N–H and O–H groups in total. The normalized spacial score (nSPS) is 14.9. The van der Waals surface area contributed by atoms with Crippen molar-refractivity contribution in [3.63, 3.8) is 0 Å². The summed E-state index contributed by atoms with van der Waals surface area (Å²) >= 11 is 0. The number of hydrogen-bond acceptors (Lipinski definition) is 6. The number of primary amides is 1. The number of ether oxygens (including phenoxy) is 2. The molecule has 2 aromatic rings. The van der Waals surface area contributed by atoms with Crippen LogP contribution in [0.5, 0.6) is 11.5 Å². The predicted molar refractivity (Wildman–Crippen MR) is 117 cm³/mol. The number of benzene rings is 1. The quantitative estimate of drug-likeness (QED) is 0.548. The van der Waals surface area contributed by atoms with Crippen molar-refractivity contribution in [3.8, 4) is 11.5 Å². The Kier molecular flexibility index (Phi) is 7.41. The molecule has 0 radical (unpaired) electrons. The number of amides is 2. The van der Waals surface area contributed by atoms with E-state index >= 15 is 0 Å². The highest BCUT2D eigenvalue weighted by atomic mass is 32.2. The number of carbonyl (C=O) groups excluding carboxylic acids is 2. The van der Waals surface area contributed by atoms with Crippen LogP contribution >= 0.6 is 0 Å². The number of aryl methyl sites for hydroxylation is 1. The Labute approximate surface area is 187 Å². The molecular weight excluding hydrogens is 436 g/mol. The van der Waals surface area contributed by atoms with E-state index in [4.69, 9.17) is 15.2 Å². The smallest absolute Gasteiger partial charge is 0.265 e. The number of rotatable bonds is 9. The van der Waals surface area contributed by atoms with Gasteiger partial charge in [0.1, 0.15) is 22.1 Å². The van der Waals surface area contributed by atoms with Gasteiger partial charge in [-0.3, -0.25) is 9.59 Å². The van der Waals surface area contributed by atoms with Crippen LogP contribution in [-0.2, 0) is 21.9 Å². The first kappa shape index (κ1) is 23.6. The fourth-order valence-electron chi connectivity index (χ4n) is 3.49. The third-order valence-corrected chi connectivity index (χ3v) is 7.19. The molecule has 1 fully saturated rings. The lowest BCUT2D eigenvalue weighted by Gasteiger charge is -2.33. The second-order valence-corrected chi connectivity index (χ2v) is 9.39. The lowest BCUT2D eigenvalue weighted by molar-refractivity contribution is -0.132. The minimum Gasteiger partial charge on any atom is -0.497 e. The summed E-state index contributed by atoms with van der Waals surface area (Å²) in [5, 5.41) is 0. The summed E-state index contributed by atoms with van der Waals surface area (Å²) in [7, 11) is -0.606. The van der Waals surface area contributed by atoms with Crippen LogP contribution in [0, 0.1) is 0 Å². The van der Waals surface area contributed by atoms with Crippen molar-refractivity contribution in [3.05, 3.63) is 42.2 Å². The van der Waals surface area contributed by atoms with Gasteiger partial charge in [0.2, 0.25) is 15.9 Å². The maximum Gasteiger partial charge on any atom is 0.265 e. The number of nitrogens with zero attached hydrogens (tertiary/aromatic N) is 3. The van der Waals surface area contributed by atoms with Crippen LogP contribution in [0.15, 0.2) is 41.4 Å². The van der Waals surface area contributed by atoms with E-state index in [1.54, 1.807) is 43.3 Å². The fourth-order valence-corrected chi connectivity index (χ4v) is 4.98. The molecule has 2 heterocycles. The molecule has 1 aromatic heterocycles. The molecule has 174 valence electrons. The van der Waals surface area contributed by atoms with Gasteiger partial charge in [0.05, 0.1) is 13.7 Å². The molecule has 1 aromatic carbocycles. The van der Waals surface area contributed by atoms with Gasteiger partial charge in [-0.1, -0.05) is 0 Å². The molecule has 1 saturated heterocycles. The van der Waals surface area contributed by atoms with Crippen LogP contribution in [0.2, 0.25) is 0 Å². The highest BCUT2D eigenvalue weighted by Gasteiger charge is 2.31. The molecular formula is C21H28N4O6S. The van der Waals surface area contributed by atoms with Gasteiger partial charge in [0, 0.05) is 45.8 Å². The van der Waals surface area contributed by atoms with Crippen LogP contribution in [-0.4, -0.2) is 73.9 Å². The van der Waals surface area contributed by atoms with Gasteiger partial charge in [-0.05, 0) is 36.8 Å². The fraction of sp³-hybridized carbons (Fsp3) is 0.429. The molecule has 1 aliphatic heterocycles. The van der Waals surface area contributed by atoms with E-state index in [2.05, 4.69) is 0 Å². The SMILES string of the molecule is COc1ccc(OCCCC(=O)N2CCN(S(=O)(=O)c3cc(C(N)=O)n(C)c3)CC2)cc1. The molecule has 3 rings (SSSR count). The van der Waals surface area contributed by atoms with Gasteiger partial charge in [-0.15, -0.1) is 0 Å². The van der Waals surface area contributed by atoms with Crippen molar-refractivity contribution >= 4 is 21.8 Å². The number of hydrogen-bond donors (Lipinski definition) is 1. The zero-order chi connectivity index (χ0) is 23.3. The first-order valence-electron chi connectivity index (χ1n) is 10.2. The maximum atomic E-state index is 12.9. The molecule has 0 aliphatic carbocycles. The Morgan fingerprint density at radius 2 is 1.69 bits per heavy atom. The van der Waals surface area contributed by atoms with Crippen LogP contribution in [0.3, 0.4) is 0 Å². The minimum absolute atomic E-state index is 0.0178. The summed E-state index contributed by atoms with van der Waals surface area (Å²) in [6.07, 6.45) is 2.25. The standard InChI is InChI=1S/C21H28N4O6S/c1-23-15-18(14-19(23)21(22)27)32(28,29)25-11-9-24(10-12-25)20(26)4-3-13-31-17-7-5-16(30-2)6-8-17/h5-8,14-15H,3-4,9-13H2,1-2H3,(H2,22,27). The number of sulfonamides is 1. The van der Waals surface area contributed by atoms with E-state index in [1.807, 2.05) is 0 Å². The largest absolute Gasteiger partial charge is 0.497 e. The molecule has 11 heteroatoms. The predicted octanol–water partition coefficient (Wildman–Crippen LogP) is 0.825. The first-order chi connectivity index (χ1) is 15.2. The monoisotopic (exact) mass is 464 g/mol. The van der Waals surface area contributed by atoms with Gasteiger partial charge < -0.3 is 24.7 Å². The number of nitrogens with two attached hydrogens (primary N) is 1. The van der Waals surface area contributed by atoms with Crippen molar-refractivity contribution in [1.29, 1.82) is 0 Å². The topological polar surface area (TPSA) is 124 Å². The van der Waals surface area contributed by atoms with Gasteiger partial charge >= 0.3 is 0 Å². The van der Waals surface area contributed by atoms with Crippen molar-refractivity contribution in [2.24, 2.45) is 12.8 Å². The Balaban J connectivity index is 1.45. The van der Waals surface area contributed by atoms with Gasteiger partial charge in [0.25, 0.3) is 5.91 Å². The van der Waals surface area contributed by atoms with Crippen LogP contribution in [0.4, 0.5) is 0 Å². The van der Waals surface area contributed by atoms with Gasteiger partial charge in [0.15, 0.2) is 0 Å². The minimum atomic E-state index is -3.77. The van der Waals surface area contributed by atoms with E-state index in [9.17, 15) is 18.0 Å². The molecule has 10 nitrogen and oxygen atoms in total. The summed E-state index contributed by atoms with van der Waals surface area (Å²) < 4.78 is 39.2. The average molecular weight is 465 g/mol. The molecule has 2 amide bonds. The Morgan fingerprint density at radius 3 is 2.25 bits per heavy atom. The Hall–Kier alpha value is -3.05. The lowest BCUT2D eigenvalue weighted by Crippen LogP contribution is -2.50. The first-order valence-corrected chi connectivity index (χ1v) is 11.7.